The molecule has 2 aromatic heterocycles. The fraction of sp³-hybridized carbons (Fsp3) is 0.588. The highest BCUT2D eigenvalue weighted by molar-refractivity contribution is 9.10. The van der Waals surface area contributed by atoms with Crippen molar-refractivity contribution in [3.8, 4) is 0 Å². The lowest BCUT2D eigenvalue weighted by atomic mass is 10.1. The third-order valence-corrected chi connectivity index (χ3v) is 10.6. The summed E-state index contributed by atoms with van der Waals surface area (Å²) in [5.41, 5.74) is 6.25. The van der Waals surface area contributed by atoms with E-state index in [2.05, 4.69) is 25.9 Å². The lowest BCUT2D eigenvalue weighted by Crippen LogP contribution is -2.49. The van der Waals surface area contributed by atoms with E-state index in [0.29, 0.717) is 15.5 Å². The van der Waals surface area contributed by atoms with Crippen molar-refractivity contribution in [2.75, 3.05) is 5.73 Å². The largest absolute Gasteiger partial charge is 0.479 e. The number of hydrogen-bond donors (Lipinski definition) is 2. The molecule has 0 aliphatic carbocycles. The van der Waals surface area contributed by atoms with Crippen LogP contribution in [-0.4, -0.2) is 52.3 Å². The Bertz CT molecular complexity index is 916. The number of carboxylic acid groups (broad SMARTS) is 1. The smallest absolute Gasteiger partial charge is 0.335 e. The van der Waals surface area contributed by atoms with Gasteiger partial charge < -0.3 is 24.6 Å². The summed E-state index contributed by atoms with van der Waals surface area (Å²) in [6.07, 6.45) is -2.72. The molecule has 1 fully saturated rings. The first-order valence-corrected chi connectivity index (χ1v) is 12.5. The van der Waals surface area contributed by atoms with Crippen LogP contribution in [0.4, 0.5) is 10.2 Å². The molecule has 1 aliphatic heterocycles. The van der Waals surface area contributed by atoms with Gasteiger partial charge in [0.05, 0.1) is 5.39 Å². The number of nitrogens with zero attached hydrogens (tertiary/aromatic N) is 3. The summed E-state index contributed by atoms with van der Waals surface area (Å²) in [6, 6.07) is 0. The van der Waals surface area contributed by atoms with Gasteiger partial charge in [-0.2, -0.15) is 0 Å². The van der Waals surface area contributed by atoms with E-state index in [4.69, 9.17) is 14.9 Å². The van der Waals surface area contributed by atoms with Crippen molar-refractivity contribution >= 4 is 47.1 Å². The molecule has 0 radical (unpaired) electrons. The third-order valence-electron chi connectivity index (χ3n) is 5.52. The lowest BCUT2D eigenvalue weighted by Gasteiger charge is -2.39. The molecule has 2 aromatic rings. The Labute approximate surface area is 171 Å². The van der Waals surface area contributed by atoms with Gasteiger partial charge in [0.25, 0.3) is 0 Å². The molecule has 3 rings (SSSR count). The Balaban J connectivity index is 2.02. The van der Waals surface area contributed by atoms with Gasteiger partial charge in [-0.3, -0.25) is 0 Å². The maximum absolute atomic E-state index is 15.5. The normalized spacial score (nSPS) is 26.1. The first kappa shape index (κ1) is 21.2. The van der Waals surface area contributed by atoms with Gasteiger partial charge in [-0.15, -0.1) is 0 Å². The van der Waals surface area contributed by atoms with Gasteiger partial charge in [-0.25, -0.2) is 19.2 Å². The SMILES string of the molecule is CC(C)(C)[Si](C)(C)OC1[C@@H](C(=O)O)O[C@@H](n2cc(Br)c3c(N)ncnc32)[C@H]1F. The van der Waals surface area contributed by atoms with Crippen LogP contribution in [0.1, 0.15) is 27.0 Å². The number of hydrogen-bond acceptors (Lipinski definition) is 6. The van der Waals surface area contributed by atoms with Crippen LogP contribution in [0.25, 0.3) is 11.0 Å². The van der Waals surface area contributed by atoms with Crippen LogP contribution in [0.2, 0.25) is 18.1 Å². The summed E-state index contributed by atoms with van der Waals surface area (Å²) in [5, 5.41) is 9.91. The molecule has 154 valence electrons. The van der Waals surface area contributed by atoms with Gasteiger partial charge in [-0.05, 0) is 34.1 Å². The molecule has 0 saturated carbocycles. The van der Waals surface area contributed by atoms with Crippen molar-refractivity contribution in [1.29, 1.82) is 0 Å². The second-order valence-corrected chi connectivity index (χ2v) is 14.0. The topological polar surface area (TPSA) is 112 Å². The summed E-state index contributed by atoms with van der Waals surface area (Å²) < 4.78 is 29.2. The maximum atomic E-state index is 15.5. The quantitative estimate of drug-likeness (QED) is 0.651. The molecule has 4 atom stereocenters. The molecule has 0 aromatic carbocycles. The average Bonchev–Trinajstić information content (AvgIpc) is 3.05. The molecule has 1 saturated heterocycles. The lowest BCUT2D eigenvalue weighted by molar-refractivity contribution is -0.154. The Kier molecular flexibility index (Phi) is 5.32. The van der Waals surface area contributed by atoms with E-state index in [9.17, 15) is 9.90 Å². The van der Waals surface area contributed by atoms with E-state index < -0.39 is 38.9 Å². The van der Waals surface area contributed by atoms with E-state index in [-0.39, 0.29) is 10.9 Å². The molecular formula is C17H24BrFN4O4Si. The number of nitrogen functional groups attached to an aromatic ring is 1. The fourth-order valence-corrected chi connectivity index (χ4v) is 4.84. The van der Waals surface area contributed by atoms with Crippen molar-refractivity contribution in [3.05, 3.63) is 17.0 Å². The number of rotatable bonds is 4. The Morgan fingerprint density at radius 2 is 2.07 bits per heavy atom. The standard InChI is InChI=1S/C17H24BrFN4O4Si/c1-17(2,3)28(4,5)27-11-10(19)15(26-12(11)16(24)25)23-6-8(18)9-13(20)21-7-22-14(9)23/h6-7,10-12,15H,1-5H3,(H,24,25)(H2,20,21,22)/t10-,11?,12-,15+/m0/s1. The van der Waals surface area contributed by atoms with Gasteiger partial charge in [0, 0.05) is 10.7 Å². The van der Waals surface area contributed by atoms with E-state index in [1.54, 1.807) is 6.20 Å². The molecular weight excluding hydrogens is 451 g/mol. The number of nitrogens with two attached hydrogens (primary N) is 1. The summed E-state index contributed by atoms with van der Waals surface area (Å²) >= 11 is 3.37. The minimum absolute atomic E-state index is 0.210. The highest BCUT2D eigenvalue weighted by atomic mass is 79.9. The molecule has 1 aliphatic rings. The Morgan fingerprint density at radius 1 is 1.43 bits per heavy atom. The maximum Gasteiger partial charge on any atom is 0.335 e. The Hall–Kier alpha value is -1.56. The van der Waals surface area contributed by atoms with Crippen molar-refractivity contribution in [2.24, 2.45) is 0 Å². The average molecular weight is 475 g/mol. The van der Waals surface area contributed by atoms with E-state index >= 15 is 4.39 Å². The number of aromatic nitrogens is 3. The predicted molar refractivity (Wildman–Crippen MR) is 108 cm³/mol. The monoisotopic (exact) mass is 474 g/mol. The minimum atomic E-state index is -2.43. The molecule has 8 nitrogen and oxygen atoms in total. The summed E-state index contributed by atoms with van der Waals surface area (Å²) in [5.74, 6) is -1.04. The minimum Gasteiger partial charge on any atom is -0.479 e. The molecule has 0 bridgehead atoms. The van der Waals surface area contributed by atoms with Crippen molar-refractivity contribution in [3.63, 3.8) is 0 Å². The molecule has 11 heteroatoms. The number of carboxylic acids is 1. The molecule has 0 spiro atoms. The van der Waals surface area contributed by atoms with Gasteiger partial charge in [0.1, 0.15) is 23.9 Å². The fourth-order valence-electron chi connectivity index (χ4n) is 2.95. The molecule has 1 unspecified atom stereocenters. The number of ether oxygens (including phenoxy) is 1. The van der Waals surface area contributed by atoms with Crippen LogP contribution < -0.4 is 5.73 Å². The van der Waals surface area contributed by atoms with Gasteiger partial charge in [0.2, 0.25) is 0 Å². The van der Waals surface area contributed by atoms with Crippen molar-refractivity contribution in [2.45, 2.75) is 63.5 Å². The Morgan fingerprint density at radius 3 is 2.64 bits per heavy atom. The number of carbonyl (C=O) groups is 1. The number of anilines is 1. The van der Waals surface area contributed by atoms with Crippen LogP contribution in [-0.2, 0) is 14.0 Å². The van der Waals surface area contributed by atoms with Crippen LogP contribution in [0.15, 0.2) is 17.0 Å². The zero-order valence-electron chi connectivity index (χ0n) is 16.3. The molecule has 3 heterocycles. The third kappa shape index (κ3) is 3.44. The van der Waals surface area contributed by atoms with Crippen molar-refractivity contribution in [1.82, 2.24) is 14.5 Å². The first-order chi connectivity index (χ1) is 12.8. The van der Waals surface area contributed by atoms with Crippen LogP contribution in [0.5, 0.6) is 0 Å². The summed E-state index contributed by atoms with van der Waals surface area (Å²) in [6.45, 7) is 9.91. The van der Waals surface area contributed by atoms with E-state index in [1.165, 1.54) is 10.9 Å². The van der Waals surface area contributed by atoms with Crippen LogP contribution >= 0.6 is 15.9 Å². The highest BCUT2D eigenvalue weighted by Crippen LogP contribution is 2.43. The van der Waals surface area contributed by atoms with Crippen LogP contribution in [0, 0.1) is 0 Å². The van der Waals surface area contributed by atoms with E-state index in [0.717, 1.165) is 0 Å². The highest BCUT2D eigenvalue weighted by Gasteiger charge is 2.54. The first-order valence-electron chi connectivity index (χ1n) is 8.82. The number of aliphatic carboxylic acids is 1. The van der Waals surface area contributed by atoms with Gasteiger partial charge >= 0.3 is 5.97 Å². The summed E-state index contributed by atoms with van der Waals surface area (Å²) in [4.78, 5) is 19.9. The van der Waals surface area contributed by atoms with Crippen LogP contribution in [0.3, 0.4) is 0 Å². The number of halogens is 2. The summed E-state index contributed by atoms with van der Waals surface area (Å²) in [7, 11) is -2.43. The van der Waals surface area contributed by atoms with Gasteiger partial charge in [-0.1, -0.05) is 20.8 Å². The zero-order chi connectivity index (χ0) is 21.0. The number of alkyl halides is 1. The molecule has 3 N–H and O–H groups in total. The van der Waals surface area contributed by atoms with Crippen molar-refractivity contribution < 1.29 is 23.5 Å². The van der Waals surface area contributed by atoms with Gasteiger partial charge in [0.15, 0.2) is 26.8 Å². The second kappa shape index (κ2) is 7.04. The second-order valence-electron chi connectivity index (χ2n) is 8.41. The molecule has 0 amide bonds. The van der Waals surface area contributed by atoms with E-state index in [1.807, 2.05) is 33.9 Å². The molecule has 28 heavy (non-hydrogen) atoms. The number of fused-ring (bicyclic) bond motifs is 1. The predicted octanol–water partition coefficient (Wildman–Crippen LogP) is 3.49. The zero-order valence-corrected chi connectivity index (χ0v) is 18.9.